The van der Waals surface area contributed by atoms with Gasteiger partial charge < -0.3 is 19.9 Å². The molecule has 0 aliphatic heterocycles. The number of hydrogen-bond donors (Lipinski definition) is 2. The average Bonchev–Trinajstić information content (AvgIpc) is 2.39. The molecule has 0 aliphatic rings. The van der Waals surface area contributed by atoms with Crippen molar-refractivity contribution in [3.05, 3.63) is 22.8 Å². The van der Waals surface area contributed by atoms with Crippen molar-refractivity contribution in [1.82, 2.24) is 4.98 Å². The van der Waals surface area contributed by atoms with Crippen molar-refractivity contribution < 1.29 is 19.4 Å². The molecule has 0 unspecified atom stereocenters. The van der Waals surface area contributed by atoms with Gasteiger partial charge >= 0.3 is 5.97 Å². The Morgan fingerprint density at radius 2 is 2.21 bits per heavy atom. The third-order valence-electron chi connectivity index (χ3n) is 2.25. The van der Waals surface area contributed by atoms with E-state index in [9.17, 15) is 4.79 Å². The van der Waals surface area contributed by atoms with Gasteiger partial charge in [0, 0.05) is 20.3 Å². The van der Waals surface area contributed by atoms with E-state index in [0.717, 1.165) is 6.42 Å². The minimum absolute atomic E-state index is 0.126. The van der Waals surface area contributed by atoms with Gasteiger partial charge in [0.1, 0.15) is 5.82 Å². The summed E-state index contributed by atoms with van der Waals surface area (Å²) in [5, 5.41) is 12.0. The van der Waals surface area contributed by atoms with Crippen molar-refractivity contribution >= 4 is 23.4 Å². The van der Waals surface area contributed by atoms with E-state index < -0.39 is 5.97 Å². The smallest absolute Gasteiger partial charge is 0.356 e. The monoisotopic (exact) mass is 288 g/mol. The van der Waals surface area contributed by atoms with Crippen LogP contribution in [0.5, 0.6) is 0 Å². The summed E-state index contributed by atoms with van der Waals surface area (Å²) in [5.41, 5.74) is -0.150. The molecule has 0 aromatic carbocycles. The Labute approximate surface area is 116 Å². The van der Waals surface area contributed by atoms with Crippen molar-refractivity contribution in [2.75, 3.05) is 38.8 Å². The molecule has 1 aromatic heterocycles. The minimum atomic E-state index is -1.14. The van der Waals surface area contributed by atoms with Crippen LogP contribution in [-0.2, 0) is 9.47 Å². The van der Waals surface area contributed by atoms with Crippen LogP contribution in [-0.4, -0.2) is 49.5 Å². The van der Waals surface area contributed by atoms with Crippen LogP contribution in [0.2, 0.25) is 5.02 Å². The van der Waals surface area contributed by atoms with E-state index in [2.05, 4.69) is 10.3 Å². The lowest BCUT2D eigenvalue weighted by Gasteiger charge is -2.07. The van der Waals surface area contributed by atoms with Gasteiger partial charge in [0.15, 0.2) is 5.69 Å². The van der Waals surface area contributed by atoms with Crippen LogP contribution >= 0.6 is 11.6 Å². The minimum Gasteiger partial charge on any atom is -0.476 e. The number of methoxy groups -OCH3 is 1. The highest BCUT2D eigenvalue weighted by Crippen LogP contribution is 2.16. The third-order valence-corrected chi connectivity index (χ3v) is 2.56. The first kappa shape index (κ1) is 15.7. The molecule has 2 N–H and O–H groups in total. The molecule has 6 nitrogen and oxygen atoms in total. The number of carboxylic acids is 1. The molecular weight excluding hydrogens is 272 g/mol. The zero-order valence-electron chi connectivity index (χ0n) is 10.7. The van der Waals surface area contributed by atoms with E-state index in [1.54, 1.807) is 13.2 Å². The highest BCUT2D eigenvalue weighted by atomic mass is 35.5. The van der Waals surface area contributed by atoms with Crippen LogP contribution in [0.15, 0.2) is 12.1 Å². The van der Waals surface area contributed by atoms with Gasteiger partial charge in [-0.15, -0.1) is 0 Å². The van der Waals surface area contributed by atoms with Gasteiger partial charge in [-0.05, 0) is 18.6 Å². The lowest BCUT2D eigenvalue weighted by atomic mass is 10.3. The Morgan fingerprint density at radius 3 is 2.89 bits per heavy atom. The molecule has 0 radical (unpaired) electrons. The maximum absolute atomic E-state index is 10.8. The zero-order chi connectivity index (χ0) is 14.1. The molecule has 1 rings (SSSR count). The van der Waals surface area contributed by atoms with Crippen LogP contribution in [0.25, 0.3) is 0 Å². The van der Waals surface area contributed by atoms with Gasteiger partial charge in [-0.3, -0.25) is 0 Å². The fourth-order valence-corrected chi connectivity index (χ4v) is 1.51. The largest absolute Gasteiger partial charge is 0.476 e. The molecule has 0 bridgehead atoms. The lowest BCUT2D eigenvalue weighted by Crippen LogP contribution is -2.10. The molecule has 0 fully saturated rings. The number of nitrogens with zero attached hydrogens (tertiary/aromatic N) is 1. The van der Waals surface area contributed by atoms with Gasteiger partial charge in [0.05, 0.1) is 18.2 Å². The molecule has 0 spiro atoms. The summed E-state index contributed by atoms with van der Waals surface area (Å²) in [6, 6.07) is 3.15. The fourth-order valence-electron chi connectivity index (χ4n) is 1.33. The maximum atomic E-state index is 10.8. The van der Waals surface area contributed by atoms with E-state index >= 15 is 0 Å². The Balaban J connectivity index is 2.30. The van der Waals surface area contributed by atoms with Gasteiger partial charge in [-0.1, -0.05) is 11.6 Å². The molecule has 0 atom stereocenters. The predicted molar refractivity (Wildman–Crippen MR) is 72.0 cm³/mol. The first-order valence-electron chi connectivity index (χ1n) is 5.85. The number of hydrogen-bond acceptors (Lipinski definition) is 5. The Morgan fingerprint density at radius 1 is 1.42 bits per heavy atom. The van der Waals surface area contributed by atoms with E-state index in [-0.39, 0.29) is 10.7 Å². The molecule has 1 aromatic rings. The number of nitrogens with one attached hydrogen (secondary N) is 1. The SMILES string of the molecule is COCCOCCCNc1ccc(Cl)c(C(=O)O)n1. The third kappa shape index (κ3) is 5.87. The topological polar surface area (TPSA) is 80.7 Å². The molecule has 0 saturated carbocycles. The van der Waals surface area contributed by atoms with Gasteiger partial charge in [0.2, 0.25) is 0 Å². The van der Waals surface area contributed by atoms with Crippen LogP contribution in [0, 0.1) is 0 Å². The lowest BCUT2D eigenvalue weighted by molar-refractivity contribution is 0.0690. The summed E-state index contributed by atoms with van der Waals surface area (Å²) < 4.78 is 10.1. The summed E-state index contributed by atoms with van der Waals surface area (Å²) in [4.78, 5) is 14.8. The Bertz CT molecular complexity index is 415. The Hall–Kier alpha value is -1.37. The highest BCUT2D eigenvalue weighted by Gasteiger charge is 2.10. The van der Waals surface area contributed by atoms with Crippen molar-refractivity contribution in [1.29, 1.82) is 0 Å². The van der Waals surface area contributed by atoms with Crippen LogP contribution in [0.1, 0.15) is 16.9 Å². The molecule has 1 heterocycles. The number of carboxylic acid groups (broad SMARTS) is 1. The molecule has 106 valence electrons. The van der Waals surface area contributed by atoms with Crippen molar-refractivity contribution in [3.8, 4) is 0 Å². The first-order valence-corrected chi connectivity index (χ1v) is 6.23. The molecular formula is C12H17ClN2O4. The molecule has 19 heavy (non-hydrogen) atoms. The normalized spacial score (nSPS) is 10.4. The number of pyridine rings is 1. The van der Waals surface area contributed by atoms with E-state index in [0.29, 0.717) is 32.2 Å². The van der Waals surface area contributed by atoms with Crippen LogP contribution in [0.3, 0.4) is 0 Å². The van der Waals surface area contributed by atoms with E-state index in [1.807, 2.05) is 0 Å². The standard InChI is InChI=1S/C12H17ClN2O4/c1-18-7-8-19-6-2-5-14-10-4-3-9(13)11(15-10)12(16)17/h3-4H,2,5-8H2,1H3,(H,14,15)(H,16,17). The zero-order valence-corrected chi connectivity index (χ0v) is 11.4. The maximum Gasteiger partial charge on any atom is 0.356 e. The van der Waals surface area contributed by atoms with Crippen LogP contribution < -0.4 is 5.32 Å². The van der Waals surface area contributed by atoms with Gasteiger partial charge in [-0.25, -0.2) is 9.78 Å². The Kier molecular flexibility index (Phi) is 7.17. The number of aromatic nitrogens is 1. The second kappa shape index (κ2) is 8.68. The summed E-state index contributed by atoms with van der Waals surface area (Å²) in [6.45, 7) is 2.39. The number of carbonyl (C=O) groups is 1. The van der Waals surface area contributed by atoms with Crippen molar-refractivity contribution in [3.63, 3.8) is 0 Å². The fraction of sp³-hybridized carbons (Fsp3) is 0.500. The van der Waals surface area contributed by atoms with Gasteiger partial charge in [0.25, 0.3) is 0 Å². The van der Waals surface area contributed by atoms with Crippen molar-refractivity contribution in [2.45, 2.75) is 6.42 Å². The number of anilines is 1. The average molecular weight is 289 g/mol. The molecule has 0 amide bonds. The summed E-state index contributed by atoms with van der Waals surface area (Å²) in [6.07, 6.45) is 0.788. The quantitative estimate of drug-likeness (QED) is 0.676. The molecule has 0 aliphatic carbocycles. The number of halogens is 1. The number of ether oxygens (including phenoxy) is 2. The molecule has 0 saturated heterocycles. The summed E-state index contributed by atoms with van der Waals surface area (Å²) in [5.74, 6) is -0.657. The first-order chi connectivity index (χ1) is 9.15. The molecule has 7 heteroatoms. The van der Waals surface area contributed by atoms with Crippen molar-refractivity contribution in [2.24, 2.45) is 0 Å². The number of rotatable bonds is 9. The predicted octanol–water partition coefficient (Wildman–Crippen LogP) is 1.90. The number of aromatic carboxylic acids is 1. The highest BCUT2D eigenvalue weighted by molar-refractivity contribution is 6.33. The second-order valence-electron chi connectivity index (χ2n) is 3.72. The van der Waals surface area contributed by atoms with Crippen LogP contribution in [0.4, 0.5) is 5.82 Å². The van der Waals surface area contributed by atoms with E-state index in [4.69, 9.17) is 26.2 Å². The second-order valence-corrected chi connectivity index (χ2v) is 4.12. The summed E-state index contributed by atoms with van der Waals surface area (Å²) in [7, 11) is 1.62. The van der Waals surface area contributed by atoms with E-state index in [1.165, 1.54) is 6.07 Å². The van der Waals surface area contributed by atoms with Gasteiger partial charge in [-0.2, -0.15) is 0 Å². The summed E-state index contributed by atoms with van der Waals surface area (Å²) >= 11 is 5.72.